The van der Waals surface area contributed by atoms with Crippen molar-refractivity contribution >= 4 is 27.4 Å². The van der Waals surface area contributed by atoms with Crippen LogP contribution in [-0.2, 0) is 11.2 Å². The second kappa shape index (κ2) is 12.7. The third-order valence-electron chi connectivity index (χ3n) is 6.58. The predicted molar refractivity (Wildman–Crippen MR) is 152 cm³/mol. The summed E-state index contributed by atoms with van der Waals surface area (Å²) in [4.78, 5) is 12.1. The molecule has 0 spiro atoms. The summed E-state index contributed by atoms with van der Waals surface area (Å²) in [5.41, 5.74) is 4.67. The lowest BCUT2D eigenvalue weighted by Gasteiger charge is -2.39. The van der Waals surface area contributed by atoms with Crippen LogP contribution in [0.2, 0.25) is 0 Å². The Balaban J connectivity index is 0.00000167. The van der Waals surface area contributed by atoms with E-state index in [-0.39, 0.29) is 5.54 Å². The Hall–Kier alpha value is -2.15. The number of anilines is 1. The van der Waals surface area contributed by atoms with Crippen molar-refractivity contribution in [3.8, 4) is 0 Å². The Morgan fingerprint density at radius 1 is 1.06 bits per heavy atom. The van der Waals surface area contributed by atoms with Gasteiger partial charge in [-0.15, -0.1) is 0 Å². The summed E-state index contributed by atoms with van der Waals surface area (Å²) in [7, 11) is 0. The molecule has 0 bridgehead atoms. The maximum Gasteiger partial charge on any atom is 0.151 e. The van der Waals surface area contributed by atoms with Crippen molar-refractivity contribution in [1.82, 2.24) is 14.8 Å². The molecule has 190 valence electrons. The number of halogens is 1. The third-order valence-corrected chi connectivity index (χ3v) is 7.11. The standard InChI is InChI=1S/C27H35BrN4O.C2H6/c1-5-21-19-32(27(2,3)4)20-33-26(21)25-22(7-6-13-29-25)12-14-30-15-17-31(18-16-30)24-10-8-23(28)9-11-24;1-2/h5-11,13H,1,12,14-20H2,2-4H3;1-2H3. The molecular weight excluding hydrogens is 500 g/mol. The molecule has 35 heavy (non-hydrogen) atoms. The van der Waals surface area contributed by atoms with Crippen LogP contribution in [0.25, 0.3) is 5.76 Å². The van der Waals surface area contributed by atoms with E-state index in [4.69, 9.17) is 9.72 Å². The Morgan fingerprint density at radius 2 is 1.74 bits per heavy atom. The van der Waals surface area contributed by atoms with Crippen LogP contribution in [0, 0.1) is 0 Å². The molecule has 3 heterocycles. The lowest BCUT2D eigenvalue weighted by Crippen LogP contribution is -2.47. The second-order valence-electron chi connectivity index (χ2n) is 9.77. The van der Waals surface area contributed by atoms with Crippen LogP contribution in [0.3, 0.4) is 0 Å². The van der Waals surface area contributed by atoms with Crippen LogP contribution >= 0.6 is 15.9 Å². The van der Waals surface area contributed by atoms with Crippen LogP contribution < -0.4 is 4.90 Å². The zero-order chi connectivity index (χ0) is 25.4. The summed E-state index contributed by atoms with van der Waals surface area (Å²) in [6.45, 7) is 21.4. The number of nitrogens with zero attached hydrogens (tertiary/aromatic N) is 4. The van der Waals surface area contributed by atoms with E-state index >= 15 is 0 Å². The topological polar surface area (TPSA) is 31.8 Å². The molecule has 5 nitrogen and oxygen atoms in total. The lowest BCUT2D eigenvalue weighted by molar-refractivity contribution is 0.0276. The summed E-state index contributed by atoms with van der Waals surface area (Å²) >= 11 is 3.52. The van der Waals surface area contributed by atoms with Crippen molar-refractivity contribution in [3.63, 3.8) is 0 Å². The van der Waals surface area contributed by atoms with Gasteiger partial charge in [-0.1, -0.05) is 48.5 Å². The number of pyridine rings is 1. The Kier molecular flexibility index (Phi) is 9.96. The van der Waals surface area contributed by atoms with Crippen LogP contribution in [0.5, 0.6) is 0 Å². The van der Waals surface area contributed by atoms with E-state index in [0.29, 0.717) is 6.73 Å². The molecule has 0 saturated carbocycles. The van der Waals surface area contributed by atoms with Crippen molar-refractivity contribution in [2.75, 3.05) is 50.9 Å². The van der Waals surface area contributed by atoms with Gasteiger partial charge in [-0.3, -0.25) is 14.8 Å². The van der Waals surface area contributed by atoms with E-state index < -0.39 is 0 Å². The molecule has 4 rings (SSSR count). The first-order chi connectivity index (χ1) is 16.8. The molecule has 2 aromatic rings. The number of aromatic nitrogens is 1. The molecule has 0 atom stereocenters. The SMILES string of the molecule is C=CC1=C(c2ncccc2CCN2CCN(c3ccc(Br)cc3)CC2)OCN(C(C)(C)C)C1.CC. The highest BCUT2D eigenvalue weighted by Crippen LogP contribution is 2.30. The molecular formula is C29H41BrN4O. The Morgan fingerprint density at radius 3 is 2.37 bits per heavy atom. The molecule has 0 radical (unpaired) electrons. The van der Waals surface area contributed by atoms with Gasteiger partial charge in [0.25, 0.3) is 0 Å². The van der Waals surface area contributed by atoms with E-state index in [9.17, 15) is 0 Å². The first-order valence-electron chi connectivity index (χ1n) is 12.8. The fourth-order valence-electron chi connectivity index (χ4n) is 4.37. The smallest absolute Gasteiger partial charge is 0.151 e. The van der Waals surface area contributed by atoms with Gasteiger partial charge in [0, 0.05) is 66.7 Å². The van der Waals surface area contributed by atoms with Gasteiger partial charge in [-0.2, -0.15) is 0 Å². The first-order valence-corrected chi connectivity index (χ1v) is 13.5. The van der Waals surface area contributed by atoms with E-state index in [2.05, 4.69) is 88.3 Å². The van der Waals surface area contributed by atoms with E-state index in [1.807, 2.05) is 32.2 Å². The summed E-state index contributed by atoms with van der Waals surface area (Å²) in [6, 6.07) is 12.8. The van der Waals surface area contributed by atoms with Gasteiger partial charge in [-0.25, -0.2) is 0 Å². The minimum Gasteiger partial charge on any atom is -0.475 e. The van der Waals surface area contributed by atoms with E-state index in [0.717, 1.165) is 67.2 Å². The predicted octanol–water partition coefficient (Wildman–Crippen LogP) is 6.22. The highest BCUT2D eigenvalue weighted by molar-refractivity contribution is 9.10. The monoisotopic (exact) mass is 540 g/mol. The van der Waals surface area contributed by atoms with Gasteiger partial charge in [0.15, 0.2) is 5.76 Å². The number of benzene rings is 1. The summed E-state index contributed by atoms with van der Waals surface area (Å²) in [5, 5.41) is 0. The summed E-state index contributed by atoms with van der Waals surface area (Å²) in [5.74, 6) is 0.890. The molecule has 1 saturated heterocycles. The van der Waals surface area contributed by atoms with Crippen LogP contribution in [0.4, 0.5) is 5.69 Å². The minimum absolute atomic E-state index is 0.0468. The van der Waals surface area contributed by atoms with Crippen LogP contribution in [-0.4, -0.2) is 66.3 Å². The van der Waals surface area contributed by atoms with Gasteiger partial charge < -0.3 is 9.64 Å². The maximum absolute atomic E-state index is 6.26. The lowest BCUT2D eigenvalue weighted by atomic mass is 10.0. The number of rotatable bonds is 6. The van der Waals surface area contributed by atoms with Crippen molar-refractivity contribution in [1.29, 1.82) is 0 Å². The minimum atomic E-state index is 0.0468. The third kappa shape index (κ3) is 7.18. The Labute approximate surface area is 220 Å². The van der Waals surface area contributed by atoms with Gasteiger partial charge in [0.05, 0.1) is 0 Å². The van der Waals surface area contributed by atoms with Gasteiger partial charge in [0.2, 0.25) is 0 Å². The molecule has 6 heteroatoms. The quantitative estimate of drug-likeness (QED) is 0.434. The molecule has 1 aromatic carbocycles. The van der Waals surface area contributed by atoms with Crippen LogP contribution in [0.15, 0.2) is 65.3 Å². The fourth-order valence-corrected chi connectivity index (χ4v) is 4.64. The number of piperazine rings is 1. The molecule has 0 amide bonds. The molecule has 0 N–H and O–H groups in total. The summed E-state index contributed by atoms with van der Waals surface area (Å²) in [6.07, 6.45) is 4.75. The number of ether oxygens (including phenoxy) is 1. The average Bonchev–Trinajstić information content (AvgIpc) is 2.89. The maximum atomic E-state index is 6.26. The highest BCUT2D eigenvalue weighted by atomic mass is 79.9. The second-order valence-corrected chi connectivity index (χ2v) is 10.7. The van der Waals surface area contributed by atoms with Crippen molar-refractivity contribution in [2.45, 2.75) is 46.6 Å². The normalized spacial score (nSPS) is 17.5. The highest BCUT2D eigenvalue weighted by Gasteiger charge is 2.29. The van der Waals surface area contributed by atoms with Crippen molar-refractivity contribution in [2.24, 2.45) is 0 Å². The zero-order valence-corrected chi connectivity index (χ0v) is 23.6. The zero-order valence-electron chi connectivity index (χ0n) is 22.1. The molecule has 1 fully saturated rings. The number of hydrogen-bond acceptors (Lipinski definition) is 5. The summed E-state index contributed by atoms with van der Waals surface area (Å²) < 4.78 is 7.38. The van der Waals surface area contributed by atoms with E-state index in [1.165, 1.54) is 11.3 Å². The molecule has 2 aliphatic heterocycles. The fraction of sp³-hybridized carbons (Fsp3) is 0.483. The molecule has 0 unspecified atom stereocenters. The largest absolute Gasteiger partial charge is 0.475 e. The molecule has 1 aromatic heterocycles. The number of hydrogen-bond donors (Lipinski definition) is 0. The van der Waals surface area contributed by atoms with Crippen molar-refractivity contribution < 1.29 is 4.74 Å². The molecule has 0 aliphatic carbocycles. The van der Waals surface area contributed by atoms with Gasteiger partial charge in [-0.05, 0) is 63.1 Å². The van der Waals surface area contributed by atoms with Gasteiger partial charge >= 0.3 is 0 Å². The van der Waals surface area contributed by atoms with E-state index in [1.54, 1.807) is 0 Å². The first kappa shape index (κ1) is 27.4. The average molecular weight is 542 g/mol. The van der Waals surface area contributed by atoms with Crippen molar-refractivity contribution in [3.05, 3.63) is 76.6 Å². The Bertz CT molecular complexity index is 988. The van der Waals surface area contributed by atoms with Crippen LogP contribution in [0.1, 0.15) is 45.9 Å². The van der Waals surface area contributed by atoms with Gasteiger partial charge in [0.1, 0.15) is 12.4 Å². The molecule has 2 aliphatic rings.